The van der Waals surface area contributed by atoms with E-state index >= 15 is 0 Å². The first kappa shape index (κ1) is 14.4. The lowest BCUT2D eigenvalue weighted by atomic mass is 10.1. The van der Waals surface area contributed by atoms with Gasteiger partial charge in [-0.05, 0) is 31.0 Å². The van der Waals surface area contributed by atoms with Gasteiger partial charge in [-0.1, -0.05) is 42.0 Å². The maximum absolute atomic E-state index is 12.1. The number of aryl methyl sites for hydroxylation is 1. The minimum absolute atomic E-state index is 0.0279. The molecule has 0 atom stereocenters. The number of nitrogens with one attached hydrogen (secondary N) is 1. The normalized spacial score (nSPS) is 10.8. The third kappa shape index (κ3) is 3.37. The lowest BCUT2D eigenvalue weighted by Gasteiger charge is -2.05. The number of carbonyl (C=O) groups is 1. The van der Waals surface area contributed by atoms with Gasteiger partial charge < -0.3 is 9.73 Å². The first-order valence-electron chi connectivity index (χ1n) is 7.50. The standard InChI is InChI=1S/C19H19NO2/c1-14-7-8-18-17(11-14)16(13-22-18)12-19(21)20-10-9-15-5-3-2-4-6-15/h2-8,11,13H,9-10,12H2,1H3,(H,20,21). The second-order valence-electron chi connectivity index (χ2n) is 5.52. The van der Waals surface area contributed by atoms with Crippen LogP contribution < -0.4 is 5.32 Å². The summed E-state index contributed by atoms with van der Waals surface area (Å²) >= 11 is 0. The van der Waals surface area contributed by atoms with E-state index in [0.717, 1.165) is 23.0 Å². The van der Waals surface area contributed by atoms with E-state index in [-0.39, 0.29) is 5.91 Å². The highest BCUT2D eigenvalue weighted by atomic mass is 16.3. The van der Waals surface area contributed by atoms with E-state index < -0.39 is 0 Å². The number of furan rings is 1. The van der Waals surface area contributed by atoms with Crippen molar-refractivity contribution in [3.63, 3.8) is 0 Å². The predicted molar refractivity (Wildman–Crippen MR) is 87.8 cm³/mol. The van der Waals surface area contributed by atoms with Gasteiger partial charge in [0.2, 0.25) is 5.91 Å². The molecule has 0 aliphatic carbocycles. The molecule has 3 heteroatoms. The van der Waals surface area contributed by atoms with Gasteiger partial charge in [-0.15, -0.1) is 0 Å². The fourth-order valence-electron chi connectivity index (χ4n) is 2.56. The van der Waals surface area contributed by atoms with Gasteiger partial charge in [-0.3, -0.25) is 4.79 Å². The summed E-state index contributed by atoms with van der Waals surface area (Å²) in [4.78, 5) is 12.1. The maximum Gasteiger partial charge on any atom is 0.224 e. The van der Waals surface area contributed by atoms with Gasteiger partial charge in [0.25, 0.3) is 0 Å². The third-order valence-corrected chi connectivity index (χ3v) is 3.74. The molecule has 3 nitrogen and oxygen atoms in total. The van der Waals surface area contributed by atoms with Gasteiger partial charge in [0, 0.05) is 17.5 Å². The van der Waals surface area contributed by atoms with Crippen molar-refractivity contribution in [2.75, 3.05) is 6.54 Å². The molecule has 22 heavy (non-hydrogen) atoms. The van der Waals surface area contributed by atoms with E-state index in [2.05, 4.69) is 23.5 Å². The zero-order chi connectivity index (χ0) is 15.4. The van der Waals surface area contributed by atoms with E-state index in [9.17, 15) is 4.79 Å². The second kappa shape index (κ2) is 6.48. The van der Waals surface area contributed by atoms with Crippen LogP contribution in [0.25, 0.3) is 11.0 Å². The molecule has 1 heterocycles. The zero-order valence-corrected chi connectivity index (χ0v) is 12.6. The van der Waals surface area contributed by atoms with E-state index in [4.69, 9.17) is 4.42 Å². The van der Waals surface area contributed by atoms with Crippen LogP contribution in [0.1, 0.15) is 16.7 Å². The first-order valence-corrected chi connectivity index (χ1v) is 7.50. The number of fused-ring (bicyclic) bond motifs is 1. The summed E-state index contributed by atoms with van der Waals surface area (Å²) in [6, 6.07) is 16.2. The minimum atomic E-state index is 0.0279. The van der Waals surface area contributed by atoms with Gasteiger partial charge in [-0.25, -0.2) is 0 Å². The van der Waals surface area contributed by atoms with Crippen molar-refractivity contribution in [2.45, 2.75) is 19.8 Å². The first-order chi connectivity index (χ1) is 10.7. The van der Waals surface area contributed by atoms with Crippen molar-refractivity contribution in [3.05, 3.63) is 71.5 Å². The van der Waals surface area contributed by atoms with Crippen LogP contribution in [0.3, 0.4) is 0 Å². The number of benzene rings is 2. The van der Waals surface area contributed by atoms with Gasteiger partial charge in [0.15, 0.2) is 0 Å². The lowest BCUT2D eigenvalue weighted by molar-refractivity contribution is -0.120. The van der Waals surface area contributed by atoms with E-state index in [1.165, 1.54) is 11.1 Å². The molecule has 0 spiro atoms. The second-order valence-corrected chi connectivity index (χ2v) is 5.52. The Morgan fingerprint density at radius 1 is 1.14 bits per heavy atom. The van der Waals surface area contributed by atoms with Gasteiger partial charge >= 0.3 is 0 Å². The molecule has 0 aliphatic rings. The van der Waals surface area contributed by atoms with Crippen molar-refractivity contribution >= 4 is 16.9 Å². The molecule has 0 aliphatic heterocycles. The molecule has 0 bridgehead atoms. The highest BCUT2D eigenvalue weighted by molar-refractivity contribution is 5.87. The fourth-order valence-corrected chi connectivity index (χ4v) is 2.56. The number of hydrogen-bond acceptors (Lipinski definition) is 2. The molecule has 1 aromatic heterocycles. The van der Waals surface area contributed by atoms with E-state index in [0.29, 0.717) is 13.0 Å². The lowest BCUT2D eigenvalue weighted by Crippen LogP contribution is -2.27. The summed E-state index contributed by atoms with van der Waals surface area (Å²) in [5.41, 5.74) is 4.17. The summed E-state index contributed by atoms with van der Waals surface area (Å²) in [6.07, 6.45) is 2.88. The van der Waals surface area contributed by atoms with Crippen molar-refractivity contribution in [1.29, 1.82) is 0 Å². The van der Waals surface area contributed by atoms with Gasteiger partial charge in [0.05, 0.1) is 12.7 Å². The van der Waals surface area contributed by atoms with Crippen molar-refractivity contribution < 1.29 is 9.21 Å². The zero-order valence-electron chi connectivity index (χ0n) is 12.6. The summed E-state index contributed by atoms with van der Waals surface area (Å²) in [7, 11) is 0. The van der Waals surface area contributed by atoms with Crippen LogP contribution in [-0.2, 0) is 17.6 Å². The Balaban J connectivity index is 1.58. The quantitative estimate of drug-likeness (QED) is 0.780. The Kier molecular flexibility index (Phi) is 4.24. The summed E-state index contributed by atoms with van der Waals surface area (Å²) in [6.45, 7) is 2.69. The molecule has 0 unspecified atom stereocenters. The maximum atomic E-state index is 12.1. The molecular weight excluding hydrogens is 274 g/mol. The summed E-state index contributed by atoms with van der Waals surface area (Å²) in [5, 5.41) is 3.99. The highest BCUT2D eigenvalue weighted by Gasteiger charge is 2.10. The van der Waals surface area contributed by atoms with Gasteiger partial charge in [0.1, 0.15) is 5.58 Å². The molecule has 0 saturated carbocycles. The molecule has 1 N–H and O–H groups in total. The van der Waals surface area contributed by atoms with E-state index in [1.54, 1.807) is 6.26 Å². The average molecular weight is 293 g/mol. The molecule has 3 rings (SSSR count). The predicted octanol–water partition coefficient (Wildman–Crippen LogP) is 3.64. The molecule has 0 saturated heterocycles. The molecule has 112 valence electrons. The summed E-state index contributed by atoms with van der Waals surface area (Å²) < 4.78 is 5.50. The number of amides is 1. The van der Waals surface area contributed by atoms with Crippen LogP contribution in [0.2, 0.25) is 0 Å². The van der Waals surface area contributed by atoms with Crippen molar-refractivity contribution in [1.82, 2.24) is 5.32 Å². The molecule has 0 radical (unpaired) electrons. The largest absolute Gasteiger partial charge is 0.464 e. The third-order valence-electron chi connectivity index (χ3n) is 3.74. The Labute approximate surface area is 130 Å². The van der Waals surface area contributed by atoms with Crippen LogP contribution in [0.15, 0.2) is 59.2 Å². The minimum Gasteiger partial charge on any atom is -0.464 e. The highest BCUT2D eigenvalue weighted by Crippen LogP contribution is 2.22. The Hall–Kier alpha value is -2.55. The molecule has 2 aromatic carbocycles. The fraction of sp³-hybridized carbons (Fsp3) is 0.211. The average Bonchev–Trinajstić information content (AvgIpc) is 2.90. The Morgan fingerprint density at radius 3 is 2.77 bits per heavy atom. The van der Waals surface area contributed by atoms with Crippen LogP contribution >= 0.6 is 0 Å². The van der Waals surface area contributed by atoms with Crippen LogP contribution in [0.5, 0.6) is 0 Å². The number of rotatable bonds is 5. The topological polar surface area (TPSA) is 42.2 Å². The smallest absolute Gasteiger partial charge is 0.224 e. The Morgan fingerprint density at radius 2 is 1.95 bits per heavy atom. The SMILES string of the molecule is Cc1ccc2occ(CC(=O)NCCc3ccccc3)c2c1. The van der Waals surface area contributed by atoms with Crippen molar-refractivity contribution in [3.8, 4) is 0 Å². The van der Waals surface area contributed by atoms with Gasteiger partial charge in [-0.2, -0.15) is 0 Å². The monoisotopic (exact) mass is 293 g/mol. The molecule has 3 aromatic rings. The van der Waals surface area contributed by atoms with Crippen LogP contribution in [-0.4, -0.2) is 12.5 Å². The van der Waals surface area contributed by atoms with Crippen molar-refractivity contribution in [2.24, 2.45) is 0 Å². The molecule has 1 amide bonds. The van der Waals surface area contributed by atoms with Crippen LogP contribution in [0.4, 0.5) is 0 Å². The number of hydrogen-bond donors (Lipinski definition) is 1. The van der Waals surface area contributed by atoms with Crippen LogP contribution in [0, 0.1) is 6.92 Å². The Bertz CT molecular complexity index is 774. The summed E-state index contributed by atoms with van der Waals surface area (Å²) in [5.74, 6) is 0.0279. The van der Waals surface area contributed by atoms with E-state index in [1.807, 2.05) is 37.3 Å². The molecule has 0 fully saturated rings. The molecular formula is C19H19NO2. The number of carbonyl (C=O) groups excluding carboxylic acids is 1.